The number of amides is 1. The van der Waals surface area contributed by atoms with E-state index in [2.05, 4.69) is 10.2 Å². The fourth-order valence-electron chi connectivity index (χ4n) is 7.03. The lowest BCUT2D eigenvalue weighted by atomic mass is 9.49. The van der Waals surface area contributed by atoms with Gasteiger partial charge in [0.25, 0.3) is 5.91 Å². The second-order valence-electron chi connectivity index (χ2n) is 11.4. The number of piperidine rings is 1. The summed E-state index contributed by atoms with van der Waals surface area (Å²) in [7, 11) is 1.24. The van der Waals surface area contributed by atoms with Crippen LogP contribution in [0.3, 0.4) is 0 Å². The second-order valence-corrected chi connectivity index (χ2v) is 11.4. The number of ether oxygens (including phenoxy) is 2. The van der Waals surface area contributed by atoms with Crippen LogP contribution in [-0.2, 0) is 26.2 Å². The van der Waals surface area contributed by atoms with Gasteiger partial charge < -0.3 is 30.1 Å². The zero-order valence-electron chi connectivity index (χ0n) is 20.3. The molecule has 4 atom stereocenters. The molecule has 2 fully saturated rings. The Labute approximate surface area is 203 Å². The van der Waals surface area contributed by atoms with Gasteiger partial charge in [-0.3, -0.25) is 9.69 Å². The lowest BCUT2D eigenvalue weighted by Gasteiger charge is -2.62. The van der Waals surface area contributed by atoms with Crippen LogP contribution < -0.4 is 10.1 Å². The summed E-state index contributed by atoms with van der Waals surface area (Å²) >= 11 is 0. The van der Waals surface area contributed by atoms with Crippen LogP contribution in [0.2, 0.25) is 0 Å². The number of benzene rings is 1. The molecule has 2 bridgehead atoms. The molecular weight excluding hydrogens is 452 g/mol. The highest BCUT2D eigenvalue weighted by Gasteiger charge is 2.73. The van der Waals surface area contributed by atoms with Crippen LogP contribution in [0.25, 0.3) is 0 Å². The monoisotopic (exact) mass is 484 g/mol. The summed E-state index contributed by atoms with van der Waals surface area (Å²) in [6.45, 7) is 4.67. The summed E-state index contributed by atoms with van der Waals surface area (Å²) in [5.41, 5.74) is -1.94. The average molecular weight is 485 g/mol. The third kappa shape index (κ3) is 2.88. The summed E-state index contributed by atoms with van der Waals surface area (Å²) in [5.74, 6) is -0.673. The first-order chi connectivity index (χ1) is 16.5. The number of rotatable bonds is 5. The number of aliphatic hydroxyl groups excluding tert-OH is 1. The van der Waals surface area contributed by atoms with Gasteiger partial charge in [0, 0.05) is 24.6 Å². The minimum Gasteiger partial charge on any atom is -0.508 e. The zero-order valence-corrected chi connectivity index (χ0v) is 20.3. The minimum atomic E-state index is -1.40. The zero-order chi connectivity index (χ0) is 24.9. The van der Waals surface area contributed by atoms with Gasteiger partial charge >= 0.3 is 5.97 Å². The van der Waals surface area contributed by atoms with E-state index in [0.29, 0.717) is 18.8 Å². The SMILES string of the molecule is COC(=O)C(C)(C)NC(=O)C1=C(O)[C@@H]2Oc3c(O)ccc4c3[C@@]23CCN(CC2CC2)[C@H](C4)[C@]3(O)C1. The Morgan fingerprint density at radius 2 is 2.03 bits per heavy atom. The maximum absolute atomic E-state index is 13.4. The first kappa shape index (κ1) is 22.7. The van der Waals surface area contributed by atoms with Crippen molar-refractivity contribution >= 4 is 11.9 Å². The van der Waals surface area contributed by atoms with Crippen LogP contribution in [0.4, 0.5) is 0 Å². The van der Waals surface area contributed by atoms with E-state index in [1.54, 1.807) is 6.07 Å². The Morgan fingerprint density at radius 1 is 1.29 bits per heavy atom. The fourth-order valence-corrected chi connectivity index (χ4v) is 7.03. The highest BCUT2D eigenvalue weighted by atomic mass is 16.5. The van der Waals surface area contributed by atoms with Crippen molar-refractivity contribution in [1.82, 2.24) is 10.2 Å². The van der Waals surface area contributed by atoms with Crippen LogP contribution in [-0.4, -0.2) is 75.6 Å². The van der Waals surface area contributed by atoms with Crippen molar-refractivity contribution in [2.24, 2.45) is 5.92 Å². The van der Waals surface area contributed by atoms with E-state index >= 15 is 0 Å². The van der Waals surface area contributed by atoms with E-state index in [0.717, 1.165) is 24.2 Å². The third-order valence-electron chi connectivity index (χ3n) is 8.91. The van der Waals surface area contributed by atoms with Crippen molar-refractivity contribution in [1.29, 1.82) is 0 Å². The molecule has 188 valence electrons. The Balaban J connectivity index is 1.48. The number of aliphatic hydroxyl groups is 2. The van der Waals surface area contributed by atoms with E-state index in [1.807, 2.05) is 6.07 Å². The normalized spacial score (nSPS) is 33.1. The fraction of sp³-hybridized carbons (Fsp3) is 0.615. The summed E-state index contributed by atoms with van der Waals surface area (Å²) in [4.78, 5) is 27.9. The molecule has 1 spiro atoms. The molecule has 2 aliphatic heterocycles. The summed E-state index contributed by atoms with van der Waals surface area (Å²) in [5, 5.41) is 37.3. The third-order valence-corrected chi connectivity index (χ3v) is 8.91. The number of nitrogens with one attached hydrogen (secondary N) is 1. The smallest absolute Gasteiger partial charge is 0.330 e. The standard InChI is InChI=1S/C26H32N2O7/c1-24(2,23(32)34-3)27-22(31)15-11-26(33)17-10-14-6-7-16(29)20-18(14)25(26,21(35-20)19(15)30)8-9-28(17)12-13-4-5-13/h6-7,13,17,21,29-30,33H,4-5,8-12H2,1-3H3,(H,27,31)/t17-,21+,25+,26-/m1/s1. The number of hydrogen-bond donors (Lipinski definition) is 4. The number of carbonyl (C=O) groups excluding carboxylic acids is 2. The topological polar surface area (TPSA) is 129 Å². The second kappa shape index (κ2) is 7.13. The number of nitrogens with zero attached hydrogens (tertiary/aromatic N) is 1. The largest absolute Gasteiger partial charge is 0.508 e. The molecular formula is C26H32N2O7. The predicted molar refractivity (Wildman–Crippen MR) is 124 cm³/mol. The number of likely N-dealkylation sites (tertiary alicyclic amines) is 1. The molecule has 35 heavy (non-hydrogen) atoms. The van der Waals surface area contributed by atoms with Gasteiger partial charge in [0.05, 0.1) is 23.7 Å². The van der Waals surface area contributed by atoms with Crippen molar-refractivity contribution in [3.8, 4) is 11.5 Å². The highest BCUT2D eigenvalue weighted by Crippen LogP contribution is 2.66. The van der Waals surface area contributed by atoms with Gasteiger partial charge in [0.2, 0.25) is 0 Å². The average Bonchev–Trinajstić information content (AvgIpc) is 3.55. The van der Waals surface area contributed by atoms with Crippen LogP contribution >= 0.6 is 0 Å². The molecule has 1 aromatic carbocycles. The molecule has 9 heteroatoms. The van der Waals surface area contributed by atoms with Crippen molar-refractivity contribution in [2.75, 3.05) is 20.2 Å². The molecule has 1 saturated heterocycles. The van der Waals surface area contributed by atoms with Gasteiger partial charge in [-0.15, -0.1) is 0 Å². The van der Waals surface area contributed by atoms with Gasteiger partial charge in [-0.25, -0.2) is 4.79 Å². The summed E-state index contributed by atoms with van der Waals surface area (Å²) in [6.07, 6.45) is 2.38. The number of carbonyl (C=O) groups is 2. The Bertz CT molecular complexity index is 1170. The van der Waals surface area contributed by atoms with Crippen LogP contribution in [0.1, 0.15) is 50.7 Å². The number of esters is 1. The molecule has 1 amide bonds. The molecule has 1 saturated carbocycles. The van der Waals surface area contributed by atoms with Crippen LogP contribution in [0.15, 0.2) is 23.5 Å². The molecule has 4 N–H and O–H groups in total. The lowest BCUT2D eigenvalue weighted by molar-refractivity contribution is -0.173. The van der Waals surface area contributed by atoms with Gasteiger partial charge in [-0.2, -0.15) is 0 Å². The van der Waals surface area contributed by atoms with E-state index in [4.69, 9.17) is 9.47 Å². The van der Waals surface area contributed by atoms with Crippen molar-refractivity contribution in [3.05, 3.63) is 34.6 Å². The first-order valence-corrected chi connectivity index (χ1v) is 12.3. The molecule has 0 radical (unpaired) electrons. The van der Waals surface area contributed by atoms with Crippen LogP contribution in [0, 0.1) is 5.92 Å². The van der Waals surface area contributed by atoms with Gasteiger partial charge in [-0.1, -0.05) is 6.07 Å². The van der Waals surface area contributed by atoms with E-state index in [1.165, 1.54) is 33.8 Å². The minimum absolute atomic E-state index is 0.000814. The molecule has 0 aromatic heterocycles. The predicted octanol–water partition coefficient (Wildman–Crippen LogP) is 1.45. The van der Waals surface area contributed by atoms with Crippen molar-refractivity contribution in [3.63, 3.8) is 0 Å². The van der Waals surface area contributed by atoms with E-state index in [9.17, 15) is 24.9 Å². The summed E-state index contributed by atoms with van der Waals surface area (Å²) < 4.78 is 11.0. The van der Waals surface area contributed by atoms with Crippen molar-refractivity contribution < 1.29 is 34.4 Å². The van der Waals surface area contributed by atoms with Gasteiger partial charge in [-0.05, 0) is 63.6 Å². The Hall–Kier alpha value is -2.78. The first-order valence-electron chi connectivity index (χ1n) is 12.3. The molecule has 1 aromatic rings. The van der Waals surface area contributed by atoms with E-state index < -0.39 is 34.5 Å². The molecule has 6 rings (SSSR count). The number of hydrogen-bond acceptors (Lipinski definition) is 8. The molecule has 3 aliphatic carbocycles. The number of phenols is 1. The lowest BCUT2D eigenvalue weighted by Crippen LogP contribution is -2.76. The van der Waals surface area contributed by atoms with Gasteiger partial charge in [0.15, 0.2) is 17.6 Å². The maximum Gasteiger partial charge on any atom is 0.330 e. The number of methoxy groups -OCH3 is 1. The molecule has 5 aliphatic rings. The van der Waals surface area contributed by atoms with Crippen molar-refractivity contribution in [2.45, 2.75) is 74.7 Å². The quantitative estimate of drug-likeness (QED) is 0.463. The summed E-state index contributed by atoms with van der Waals surface area (Å²) in [6, 6.07) is 3.22. The number of aromatic hydroxyl groups is 1. The highest BCUT2D eigenvalue weighted by molar-refractivity contribution is 5.98. The Kier molecular flexibility index (Phi) is 4.62. The maximum atomic E-state index is 13.4. The number of phenolic OH excluding ortho intramolecular Hbond substituents is 1. The van der Waals surface area contributed by atoms with Gasteiger partial charge in [0.1, 0.15) is 11.3 Å². The molecule has 2 heterocycles. The van der Waals surface area contributed by atoms with Crippen LogP contribution in [0.5, 0.6) is 11.5 Å². The van der Waals surface area contributed by atoms with E-state index in [-0.39, 0.29) is 35.3 Å². The molecule has 9 nitrogen and oxygen atoms in total. The Morgan fingerprint density at radius 3 is 2.71 bits per heavy atom. The molecule has 0 unspecified atom stereocenters.